The van der Waals surface area contributed by atoms with Crippen molar-refractivity contribution < 1.29 is 27.2 Å². The van der Waals surface area contributed by atoms with E-state index in [4.69, 9.17) is 9.47 Å². The predicted molar refractivity (Wildman–Crippen MR) is 83.4 cm³/mol. The fourth-order valence-corrected chi connectivity index (χ4v) is 3.10. The first-order chi connectivity index (χ1) is 11.3. The highest BCUT2D eigenvalue weighted by Gasteiger charge is 2.26. The molecule has 2 aromatic carbocycles. The number of hydrogen-bond acceptors (Lipinski definition) is 6. The summed E-state index contributed by atoms with van der Waals surface area (Å²) in [6.07, 6.45) is 0. The van der Waals surface area contributed by atoms with Crippen molar-refractivity contribution >= 4 is 21.4 Å². The van der Waals surface area contributed by atoms with E-state index in [9.17, 15) is 22.9 Å². The Morgan fingerprint density at radius 1 is 1.12 bits per heavy atom. The fourth-order valence-electron chi connectivity index (χ4n) is 1.96. The zero-order valence-electron chi connectivity index (χ0n) is 12.6. The lowest BCUT2D eigenvalue weighted by molar-refractivity contribution is -0.387. The van der Waals surface area contributed by atoms with Crippen molar-refractivity contribution in [3.8, 4) is 11.5 Å². The minimum absolute atomic E-state index is 0.0820. The maximum absolute atomic E-state index is 14.1. The van der Waals surface area contributed by atoms with Crippen LogP contribution in [0.15, 0.2) is 41.3 Å². The zero-order chi connectivity index (χ0) is 17.9. The van der Waals surface area contributed by atoms with Gasteiger partial charge in [-0.3, -0.25) is 14.8 Å². The van der Waals surface area contributed by atoms with Gasteiger partial charge in [-0.05, 0) is 18.2 Å². The van der Waals surface area contributed by atoms with Gasteiger partial charge in [0, 0.05) is 12.1 Å². The number of ether oxygens (including phenoxy) is 2. The summed E-state index contributed by atoms with van der Waals surface area (Å²) in [6, 6.07) is 7.08. The molecule has 0 spiro atoms. The molecule has 0 aromatic heterocycles. The van der Waals surface area contributed by atoms with Gasteiger partial charge in [0.25, 0.3) is 10.0 Å². The second-order valence-corrected chi connectivity index (χ2v) is 6.17. The zero-order valence-corrected chi connectivity index (χ0v) is 13.5. The van der Waals surface area contributed by atoms with Gasteiger partial charge >= 0.3 is 5.69 Å². The molecule has 1 N–H and O–H groups in total. The Hall–Kier alpha value is -2.88. The maximum atomic E-state index is 14.1. The highest BCUT2D eigenvalue weighted by molar-refractivity contribution is 7.92. The molecule has 10 heteroatoms. The van der Waals surface area contributed by atoms with Crippen LogP contribution < -0.4 is 14.2 Å². The summed E-state index contributed by atoms with van der Waals surface area (Å²) in [4.78, 5) is 8.91. The van der Waals surface area contributed by atoms with Crippen LogP contribution in [0, 0.1) is 15.9 Å². The smallest absolute Gasteiger partial charge is 0.306 e. The molecule has 0 aliphatic carbocycles. The third kappa shape index (κ3) is 3.38. The van der Waals surface area contributed by atoms with Crippen molar-refractivity contribution in [1.82, 2.24) is 0 Å². The first-order valence-corrected chi connectivity index (χ1v) is 7.96. The molecule has 0 unspecified atom stereocenters. The van der Waals surface area contributed by atoms with Crippen molar-refractivity contribution in [2.45, 2.75) is 4.90 Å². The normalized spacial score (nSPS) is 11.0. The largest absolute Gasteiger partial charge is 0.493 e. The molecule has 0 radical (unpaired) electrons. The number of anilines is 1. The first-order valence-electron chi connectivity index (χ1n) is 6.48. The number of methoxy groups -OCH3 is 2. The lowest BCUT2D eigenvalue weighted by Crippen LogP contribution is -2.15. The van der Waals surface area contributed by atoms with E-state index in [2.05, 4.69) is 4.72 Å². The number of nitrogens with zero attached hydrogens (tertiary/aromatic N) is 1. The summed E-state index contributed by atoms with van der Waals surface area (Å²) in [6.45, 7) is 0. The van der Waals surface area contributed by atoms with Crippen molar-refractivity contribution in [2.24, 2.45) is 0 Å². The molecule has 0 atom stereocenters. The van der Waals surface area contributed by atoms with Gasteiger partial charge in [0.1, 0.15) is 4.90 Å². The summed E-state index contributed by atoms with van der Waals surface area (Å²) in [5.41, 5.74) is -0.844. The quantitative estimate of drug-likeness (QED) is 0.629. The lowest BCUT2D eigenvalue weighted by Gasteiger charge is -2.12. The van der Waals surface area contributed by atoms with Crippen molar-refractivity contribution in [2.75, 3.05) is 18.9 Å². The Bertz CT molecular complexity index is 885. The molecule has 0 fully saturated rings. The van der Waals surface area contributed by atoms with Crippen molar-refractivity contribution in [3.63, 3.8) is 0 Å². The monoisotopic (exact) mass is 356 g/mol. The summed E-state index contributed by atoms with van der Waals surface area (Å²) >= 11 is 0. The number of nitro benzene ring substituents is 1. The molecule has 0 aliphatic rings. The fraction of sp³-hybridized carbons (Fsp3) is 0.143. The topological polar surface area (TPSA) is 108 Å². The van der Waals surface area contributed by atoms with Crippen molar-refractivity contribution in [1.29, 1.82) is 0 Å². The van der Waals surface area contributed by atoms with E-state index in [1.165, 1.54) is 32.4 Å². The van der Waals surface area contributed by atoms with E-state index in [1.54, 1.807) is 0 Å². The highest BCUT2D eigenvalue weighted by Crippen LogP contribution is 2.31. The van der Waals surface area contributed by atoms with E-state index in [0.29, 0.717) is 5.75 Å². The third-order valence-corrected chi connectivity index (χ3v) is 4.46. The molecule has 0 saturated carbocycles. The number of nitro groups is 1. The molecular weight excluding hydrogens is 343 g/mol. The van der Waals surface area contributed by atoms with Crippen LogP contribution in [0.3, 0.4) is 0 Å². The Labute approximate surface area is 137 Å². The molecule has 24 heavy (non-hydrogen) atoms. The van der Waals surface area contributed by atoms with Crippen molar-refractivity contribution in [3.05, 3.63) is 52.3 Å². The Kier molecular flexibility index (Phi) is 4.88. The highest BCUT2D eigenvalue weighted by atomic mass is 32.2. The molecule has 2 aromatic rings. The first kappa shape index (κ1) is 17.5. The van der Waals surface area contributed by atoms with Gasteiger partial charge in [-0.1, -0.05) is 6.07 Å². The van der Waals surface area contributed by atoms with Gasteiger partial charge in [0.15, 0.2) is 11.5 Å². The number of sulfonamides is 1. The summed E-state index contributed by atoms with van der Waals surface area (Å²) < 4.78 is 50.9. The van der Waals surface area contributed by atoms with Crippen LogP contribution in [0.5, 0.6) is 11.5 Å². The van der Waals surface area contributed by atoms with Crippen LogP contribution in [-0.4, -0.2) is 27.6 Å². The van der Waals surface area contributed by atoms with Gasteiger partial charge in [0.05, 0.1) is 24.8 Å². The van der Waals surface area contributed by atoms with Crippen LogP contribution in [0.2, 0.25) is 0 Å². The third-order valence-electron chi connectivity index (χ3n) is 3.06. The molecular formula is C14H13FN2O6S. The minimum Gasteiger partial charge on any atom is -0.493 e. The maximum Gasteiger partial charge on any atom is 0.306 e. The van der Waals surface area contributed by atoms with Gasteiger partial charge < -0.3 is 9.47 Å². The van der Waals surface area contributed by atoms with E-state index >= 15 is 0 Å². The lowest BCUT2D eigenvalue weighted by atomic mass is 10.3. The Morgan fingerprint density at radius 3 is 2.38 bits per heavy atom. The van der Waals surface area contributed by atoms with E-state index < -0.39 is 31.3 Å². The second-order valence-electron chi connectivity index (χ2n) is 4.52. The van der Waals surface area contributed by atoms with Crippen LogP contribution in [0.25, 0.3) is 0 Å². The van der Waals surface area contributed by atoms with Gasteiger partial charge in [0.2, 0.25) is 5.82 Å². The van der Waals surface area contributed by atoms with E-state index in [0.717, 1.165) is 18.2 Å². The summed E-state index contributed by atoms with van der Waals surface area (Å²) in [5, 5.41) is 10.7. The number of rotatable bonds is 6. The molecule has 128 valence electrons. The SMILES string of the molecule is COc1ccc(NS(=O)(=O)c2cccc([N+](=O)[O-])c2F)cc1OC. The Morgan fingerprint density at radius 2 is 1.79 bits per heavy atom. The molecule has 0 saturated heterocycles. The number of hydrogen-bond donors (Lipinski definition) is 1. The van der Waals surface area contributed by atoms with Gasteiger partial charge in [-0.25, -0.2) is 8.42 Å². The summed E-state index contributed by atoms with van der Waals surface area (Å²) in [7, 11) is -1.58. The summed E-state index contributed by atoms with van der Waals surface area (Å²) in [5.74, 6) is -0.797. The minimum atomic E-state index is -4.37. The number of benzene rings is 2. The van der Waals surface area contributed by atoms with Gasteiger partial charge in [-0.15, -0.1) is 0 Å². The van der Waals surface area contributed by atoms with E-state index in [1.807, 2.05) is 0 Å². The van der Waals surface area contributed by atoms with Crippen LogP contribution in [-0.2, 0) is 10.0 Å². The molecule has 0 bridgehead atoms. The van der Waals surface area contributed by atoms with Gasteiger partial charge in [-0.2, -0.15) is 4.39 Å². The van der Waals surface area contributed by atoms with Crippen LogP contribution in [0.4, 0.5) is 15.8 Å². The second kappa shape index (κ2) is 6.71. The van der Waals surface area contributed by atoms with E-state index in [-0.39, 0.29) is 11.4 Å². The van der Waals surface area contributed by atoms with Crippen LogP contribution >= 0.6 is 0 Å². The average molecular weight is 356 g/mol. The Balaban J connectivity index is 2.43. The molecule has 0 amide bonds. The number of halogens is 1. The molecule has 0 aliphatic heterocycles. The standard InChI is InChI=1S/C14H13FN2O6S/c1-22-11-7-6-9(8-12(11)23-2)16-24(20,21)13-5-3-4-10(14(13)15)17(18)19/h3-8,16H,1-2H3. The predicted octanol–water partition coefficient (Wildman–Crippen LogP) is 2.55. The molecule has 8 nitrogen and oxygen atoms in total. The number of nitrogens with one attached hydrogen (secondary N) is 1. The average Bonchev–Trinajstić information content (AvgIpc) is 2.54. The van der Waals surface area contributed by atoms with Crippen LogP contribution in [0.1, 0.15) is 0 Å². The molecule has 0 heterocycles. The molecule has 2 rings (SSSR count).